The third kappa shape index (κ3) is 2.33. The molecular weight excluding hydrogens is 275 g/mol. The summed E-state index contributed by atoms with van der Waals surface area (Å²) in [6.45, 7) is 4.25. The highest BCUT2D eigenvalue weighted by Crippen LogP contribution is 2.43. The first kappa shape index (κ1) is 13.2. The molecule has 1 aliphatic heterocycles. The number of hydrogen-bond acceptors (Lipinski definition) is 4. The zero-order valence-corrected chi connectivity index (χ0v) is 12.1. The Hall–Kier alpha value is -1.75. The van der Waals surface area contributed by atoms with Crippen molar-refractivity contribution >= 4 is 11.8 Å². The van der Waals surface area contributed by atoms with E-state index >= 15 is 0 Å². The number of benzene rings is 1. The molecule has 2 heterocycles. The molecule has 0 bridgehead atoms. The molecule has 0 amide bonds. The van der Waals surface area contributed by atoms with Crippen LogP contribution in [-0.4, -0.2) is 15.9 Å². The van der Waals surface area contributed by atoms with E-state index in [1.165, 1.54) is 18.5 Å². The summed E-state index contributed by atoms with van der Waals surface area (Å²) in [5, 5.41) is 2.10. The van der Waals surface area contributed by atoms with Crippen LogP contribution in [0.4, 0.5) is 4.39 Å². The minimum Gasteiger partial charge on any atom is -0.445 e. The van der Waals surface area contributed by atoms with Gasteiger partial charge in [0.15, 0.2) is 12.2 Å². The maximum Gasteiger partial charge on any atom is 0.181 e. The summed E-state index contributed by atoms with van der Waals surface area (Å²) in [7, 11) is 0. The molecule has 1 aromatic carbocycles. The third-order valence-electron chi connectivity index (χ3n) is 3.22. The number of hydrogen-bond donors (Lipinski definition) is 0. The van der Waals surface area contributed by atoms with Crippen LogP contribution >= 0.6 is 11.8 Å². The van der Waals surface area contributed by atoms with Crippen molar-refractivity contribution in [1.29, 1.82) is 0 Å². The lowest BCUT2D eigenvalue weighted by molar-refractivity contribution is 0.275. The lowest BCUT2D eigenvalue weighted by atomic mass is 10.1. The van der Waals surface area contributed by atoms with Crippen molar-refractivity contribution < 1.29 is 8.81 Å². The molecule has 0 radical (unpaired) electrons. The SMILES string of the molecule is CC(C)N1C=CSC1c1ocnc1-c1cccc(F)c1. The second kappa shape index (κ2) is 5.32. The minimum absolute atomic E-state index is 0.0516. The molecule has 0 spiro atoms. The molecule has 0 fully saturated rings. The van der Waals surface area contributed by atoms with Gasteiger partial charge in [0.05, 0.1) is 0 Å². The van der Waals surface area contributed by atoms with Gasteiger partial charge in [0.25, 0.3) is 0 Å². The summed E-state index contributed by atoms with van der Waals surface area (Å²) in [4.78, 5) is 6.47. The van der Waals surface area contributed by atoms with Crippen LogP contribution in [-0.2, 0) is 0 Å². The smallest absolute Gasteiger partial charge is 0.181 e. The molecule has 1 atom stereocenters. The summed E-state index contributed by atoms with van der Waals surface area (Å²) in [5.74, 6) is 0.494. The molecule has 1 aliphatic rings. The normalized spacial score (nSPS) is 18.2. The predicted octanol–water partition coefficient (Wildman–Crippen LogP) is 4.41. The highest BCUT2D eigenvalue weighted by molar-refractivity contribution is 8.02. The highest BCUT2D eigenvalue weighted by Gasteiger charge is 2.30. The molecule has 1 aromatic heterocycles. The average molecular weight is 290 g/mol. The topological polar surface area (TPSA) is 29.3 Å². The first-order chi connectivity index (χ1) is 9.66. The van der Waals surface area contributed by atoms with E-state index in [9.17, 15) is 4.39 Å². The standard InChI is InChI=1S/C15H15FN2OS/c1-10(2)18-6-7-20-15(18)14-13(17-9-19-14)11-4-3-5-12(16)8-11/h3-10,15H,1-2H3. The van der Waals surface area contributed by atoms with Gasteiger partial charge in [0.1, 0.15) is 16.9 Å². The number of halogens is 1. The van der Waals surface area contributed by atoms with Crippen LogP contribution in [0.1, 0.15) is 25.0 Å². The van der Waals surface area contributed by atoms with Gasteiger partial charge in [-0.1, -0.05) is 23.9 Å². The van der Waals surface area contributed by atoms with E-state index in [-0.39, 0.29) is 11.2 Å². The highest BCUT2D eigenvalue weighted by atomic mass is 32.2. The molecule has 104 valence electrons. The van der Waals surface area contributed by atoms with Gasteiger partial charge in [0.2, 0.25) is 0 Å². The predicted molar refractivity (Wildman–Crippen MR) is 78.3 cm³/mol. The molecule has 2 aromatic rings. The lowest BCUT2D eigenvalue weighted by Gasteiger charge is -2.27. The Morgan fingerprint density at radius 3 is 3.00 bits per heavy atom. The van der Waals surface area contributed by atoms with Crippen molar-refractivity contribution in [3.63, 3.8) is 0 Å². The van der Waals surface area contributed by atoms with E-state index in [2.05, 4.69) is 29.9 Å². The Morgan fingerprint density at radius 1 is 1.40 bits per heavy atom. The van der Waals surface area contributed by atoms with Crippen LogP contribution in [0.25, 0.3) is 11.3 Å². The number of thioether (sulfide) groups is 1. The fourth-order valence-electron chi connectivity index (χ4n) is 2.25. The fourth-order valence-corrected chi connectivity index (χ4v) is 3.36. The van der Waals surface area contributed by atoms with Crippen molar-refractivity contribution in [2.45, 2.75) is 25.3 Å². The molecule has 1 unspecified atom stereocenters. The summed E-state index contributed by atoms with van der Waals surface area (Å²) in [5.41, 5.74) is 1.45. The van der Waals surface area contributed by atoms with E-state index in [1.54, 1.807) is 17.8 Å². The molecule has 3 nitrogen and oxygen atoms in total. The van der Waals surface area contributed by atoms with Crippen molar-refractivity contribution in [1.82, 2.24) is 9.88 Å². The largest absolute Gasteiger partial charge is 0.445 e. The van der Waals surface area contributed by atoms with Crippen molar-refractivity contribution in [3.05, 3.63) is 53.8 Å². The van der Waals surface area contributed by atoms with Crippen LogP contribution in [0, 0.1) is 5.82 Å². The Bertz CT molecular complexity index is 638. The molecule has 20 heavy (non-hydrogen) atoms. The van der Waals surface area contributed by atoms with E-state index < -0.39 is 0 Å². The number of rotatable bonds is 3. The second-order valence-corrected chi connectivity index (χ2v) is 5.88. The fraction of sp³-hybridized carbons (Fsp3) is 0.267. The van der Waals surface area contributed by atoms with Gasteiger partial charge < -0.3 is 9.32 Å². The van der Waals surface area contributed by atoms with Gasteiger partial charge in [-0.05, 0) is 31.4 Å². The number of aromatic nitrogens is 1. The van der Waals surface area contributed by atoms with E-state index in [0.29, 0.717) is 11.7 Å². The molecule has 0 N–H and O–H groups in total. The lowest BCUT2D eigenvalue weighted by Crippen LogP contribution is -2.25. The quantitative estimate of drug-likeness (QED) is 0.837. The van der Waals surface area contributed by atoms with Gasteiger partial charge in [-0.3, -0.25) is 0 Å². The van der Waals surface area contributed by atoms with E-state index in [4.69, 9.17) is 4.42 Å². The summed E-state index contributed by atoms with van der Waals surface area (Å²) in [6, 6.07) is 6.79. The minimum atomic E-state index is -0.269. The van der Waals surface area contributed by atoms with Crippen LogP contribution in [0.2, 0.25) is 0 Å². The maximum atomic E-state index is 13.4. The maximum absolute atomic E-state index is 13.4. The Labute approximate surface area is 121 Å². The zero-order valence-electron chi connectivity index (χ0n) is 11.3. The van der Waals surface area contributed by atoms with Crippen LogP contribution in [0.5, 0.6) is 0 Å². The molecule has 5 heteroatoms. The Kier molecular flexibility index (Phi) is 3.53. The molecule has 0 aliphatic carbocycles. The van der Waals surface area contributed by atoms with Gasteiger partial charge >= 0.3 is 0 Å². The molecule has 3 rings (SSSR count). The zero-order chi connectivity index (χ0) is 14.1. The first-order valence-corrected chi connectivity index (χ1v) is 7.40. The average Bonchev–Trinajstić information content (AvgIpc) is 3.07. The first-order valence-electron chi connectivity index (χ1n) is 6.45. The summed E-state index contributed by atoms with van der Waals surface area (Å²) < 4.78 is 19.0. The van der Waals surface area contributed by atoms with Crippen molar-refractivity contribution in [2.24, 2.45) is 0 Å². The van der Waals surface area contributed by atoms with E-state index in [0.717, 1.165) is 11.3 Å². The van der Waals surface area contributed by atoms with Crippen LogP contribution in [0.3, 0.4) is 0 Å². The molecule has 0 saturated carbocycles. The van der Waals surface area contributed by atoms with Gasteiger partial charge in [0, 0.05) is 17.8 Å². The van der Waals surface area contributed by atoms with Gasteiger partial charge in [-0.2, -0.15) is 0 Å². The Balaban J connectivity index is 1.99. The van der Waals surface area contributed by atoms with Gasteiger partial charge in [-0.15, -0.1) is 0 Å². The van der Waals surface area contributed by atoms with Crippen molar-refractivity contribution in [3.8, 4) is 11.3 Å². The number of nitrogens with zero attached hydrogens (tertiary/aromatic N) is 2. The third-order valence-corrected chi connectivity index (χ3v) is 4.22. The summed E-state index contributed by atoms with van der Waals surface area (Å²) in [6.07, 6.45) is 3.48. The number of oxazole rings is 1. The van der Waals surface area contributed by atoms with Crippen LogP contribution in [0.15, 0.2) is 46.7 Å². The molecule has 0 saturated heterocycles. The second-order valence-electron chi connectivity index (χ2n) is 4.89. The molecular formula is C15H15FN2OS. The van der Waals surface area contributed by atoms with E-state index in [1.807, 2.05) is 11.5 Å². The van der Waals surface area contributed by atoms with Crippen molar-refractivity contribution in [2.75, 3.05) is 0 Å². The summed E-state index contributed by atoms with van der Waals surface area (Å²) >= 11 is 1.67. The van der Waals surface area contributed by atoms with Crippen LogP contribution < -0.4 is 0 Å². The monoisotopic (exact) mass is 290 g/mol. The Morgan fingerprint density at radius 2 is 2.25 bits per heavy atom. The van der Waals surface area contributed by atoms with Gasteiger partial charge in [-0.25, -0.2) is 9.37 Å².